The molecule has 0 aliphatic heterocycles. The van der Waals surface area contributed by atoms with Gasteiger partial charge in [0.05, 0.1) is 0 Å². The van der Waals surface area contributed by atoms with Crippen molar-refractivity contribution in [3.05, 3.63) is 40.2 Å². The van der Waals surface area contributed by atoms with Crippen molar-refractivity contribution < 1.29 is 4.21 Å². The standard InChI is InChI=1S/C9H6OS2/c10-12-9-6-5-7-3-1-2-4-8(7)11-9/h1-6H. The summed E-state index contributed by atoms with van der Waals surface area (Å²) in [4.78, 5) is 0. The molecule has 0 saturated heterocycles. The van der Waals surface area contributed by atoms with E-state index in [4.69, 9.17) is 0 Å². The molecule has 0 saturated carbocycles. The van der Waals surface area contributed by atoms with Gasteiger partial charge < -0.3 is 0 Å². The maximum absolute atomic E-state index is 10.5. The average Bonchev–Trinajstić information content (AvgIpc) is 2.17. The van der Waals surface area contributed by atoms with Gasteiger partial charge in [-0.15, -0.1) is 11.3 Å². The fourth-order valence-electron chi connectivity index (χ4n) is 1.06. The van der Waals surface area contributed by atoms with E-state index in [1.54, 1.807) is 0 Å². The molecular weight excluding hydrogens is 188 g/mol. The topological polar surface area (TPSA) is 17.1 Å². The second-order valence-corrected chi connectivity index (χ2v) is 4.32. The van der Waals surface area contributed by atoms with Crippen molar-refractivity contribution in [3.8, 4) is 0 Å². The molecule has 0 spiro atoms. The van der Waals surface area contributed by atoms with E-state index in [-0.39, 0.29) is 0 Å². The van der Waals surface area contributed by atoms with Gasteiger partial charge >= 0.3 is 0 Å². The summed E-state index contributed by atoms with van der Waals surface area (Å²) in [5.74, 6) is 0. The van der Waals surface area contributed by atoms with Crippen molar-refractivity contribution in [2.75, 3.05) is 0 Å². The van der Waals surface area contributed by atoms with Gasteiger partial charge in [-0.05, 0) is 17.5 Å². The number of hydrogen-bond donors (Lipinski definition) is 0. The molecule has 1 aromatic heterocycles. The van der Waals surface area contributed by atoms with Crippen LogP contribution in [0.15, 0.2) is 36.4 Å². The van der Waals surface area contributed by atoms with Crippen LogP contribution in [-0.2, 0) is 11.3 Å². The Balaban J connectivity index is 2.94. The van der Waals surface area contributed by atoms with Crippen molar-refractivity contribution in [3.63, 3.8) is 0 Å². The molecule has 2 aromatic rings. The van der Waals surface area contributed by atoms with Crippen LogP contribution in [0.5, 0.6) is 0 Å². The Morgan fingerprint density at radius 3 is 2.75 bits per heavy atom. The Morgan fingerprint density at radius 2 is 1.92 bits per heavy atom. The van der Waals surface area contributed by atoms with E-state index in [1.807, 2.05) is 36.4 Å². The van der Waals surface area contributed by atoms with Crippen LogP contribution in [0.3, 0.4) is 0 Å². The molecule has 0 radical (unpaired) electrons. The number of rotatable bonds is 0. The fourth-order valence-corrected chi connectivity index (χ4v) is 2.34. The minimum atomic E-state index is 0.552. The van der Waals surface area contributed by atoms with Crippen molar-refractivity contribution in [1.82, 2.24) is 0 Å². The van der Waals surface area contributed by atoms with Crippen LogP contribution in [0.1, 0.15) is 0 Å². The van der Waals surface area contributed by atoms with Crippen LogP contribution in [0.2, 0.25) is 0 Å². The fraction of sp³-hybridized carbons (Fsp3) is 0. The first-order chi connectivity index (χ1) is 5.90. The molecule has 0 bridgehead atoms. The summed E-state index contributed by atoms with van der Waals surface area (Å²) >= 11 is 2.09. The van der Waals surface area contributed by atoms with E-state index in [0.29, 0.717) is 11.3 Å². The minimum Gasteiger partial charge on any atom is -0.211 e. The first-order valence-corrected chi connectivity index (χ1v) is 5.08. The first-order valence-electron chi connectivity index (χ1n) is 3.52. The third-order valence-electron chi connectivity index (χ3n) is 1.61. The molecule has 12 heavy (non-hydrogen) atoms. The molecule has 1 heterocycles. The molecule has 60 valence electrons. The van der Waals surface area contributed by atoms with E-state index in [0.717, 1.165) is 3.82 Å². The highest BCUT2D eigenvalue weighted by Gasteiger charge is 1.90. The number of fused-ring (bicyclic) bond motifs is 1. The lowest BCUT2D eigenvalue weighted by molar-refractivity contribution is 0.700. The lowest BCUT2D eigenvalue weighted by Crippen LogP contribution is -1.67. The van der Waals surface area contributed by atoms with Crippen molar-refractivity contribution >= 4 is 32.7 Å². The van der Waals surface area contributed by atoms with Crippen LogP contribution in [0, 0.1) is 3.82 Å². The maximum atomic E-state index is 10.5. The number of hydrogen-bond acceptors (Lipinski definition) is 2. The van der Waals surface area contributed by atoms with Gasteiger partial charge in [-0.2, -0.15) is 0 Å². The Hall–Kier alpha value is -0.930. The summed E-state index contributed by atoms with van der Waals surface area (Å²) in [5.41, 5.74) is 0. The molecule has 0 amide bonds. The van der Waals surface area contributed by atoms with Crippen LogP contribution in [-0.4, -0.2) is 4.21 Å². The lowest BCUT2D eigenvalue weighted by Gasteiger charge is -1.92. The summed E-state index contributed by atoms with van der Waals surface area (Å²) in [7, 11) is 0. The second-order valence-electron chi connectivity index (χ2n) is 2.38. The molecule has 0 unspecified atom stereocenters. The maximum Gasteiger partial charge on any atom is 0.121 e. The molecule has 0 atom stereocenters. The van der Waals surface area contributed by atoms with E-state index in [2.05, 4.69) is 0 Å². The third kappa shape index (κ3) is 1.33. The summed E-state index contributed by atoms with van der Waals surface area (Å²) in [6.45, 7) is 0. The minimum absolute atomic E-state index is 0.552. The van der Waals surface area contributed by atoms with Gasteiger partial charge in [-0.25, -0.2) is 4.21 Å². The summed E-state index contributed by atoms with van der Waals surface area (Å²) in [6, 6.07) is 11.9. The van der Waals surface area contributed by atoms with Crippen molar-refractivity contribution in [1.29, 1.82) is 0 Å². The molecule has 1 nitrogen and oxygen atoms in total. The predicted molar refractivity (Wildman–Crippen MR) is 53.2 cm³/mol. The SMILES string of the molecule is O=S=c1ccc2ccccc2s1. The van der Waals surface area contributed by atoms with E-state index >= 15 is 0 Å². The van der Waals surface area contributed by atoms with Crippen LogP contribution < -0.4 is 0 Å². The van der Waals surface area contributed by atoms with Crippen LogP contribution >= 0.6 is 11.3 Å². The summed E-state index contributed by atoms with van der Waals surface area (Å²) < 4.78 is 12.5. The smallest absolute Gasteiger partial charge is 0.121 e. The normalized spacial score (nSPS) is 10.0. The predicted octanol–water partition coefficient (Wildman–Crippen LogP) is 2.65. The van der Waals surface area contributed by atoms with E-state index < -0.39 is 0 Å². The first kappa shape index (κ1) is 7.71. The summed E-state index contributed by atoms with van der Waals surface area (Å²) in [6.07, 6.45) is 0. The third-order valence-corrected chi connectivity index (χ3v) is 3.29. The van der Waals surface area contributed by atoms with Gasteiger partial charge in [-0.1, -0.05) is 24.3 Å². The van der Waals surface area contributed by atoms with Gasteiger partial charge in [-0.3, -0.25) is 0 Å². The Bertz CT molecular complexity index is 495. The number of benzene rings is 1. The van der Waals surface area contributed by atoms with Gasteiger partial charge in [0, 0.05) is 4.70 Å². The highest BCUT2D eigenvalue weighted by Crippen LogP contribution is 2.17. The van der Waals surface area contributed by atoms with Gasteiger partial charge in [0.25, 0.3) is 0 Å². The molecule has 0 aliphatic carbocycles. The Labute approximate surface area is 77.4 Å². The Morgan fingerprint density at radius 1 is 1.08 bits per heavy atom. The van der Waals surface area contributed by atoms with E-state index in [1.165, 1.54) is 21.4 Å². The highest BCUT2D eigenvalue weighted by atomic mass is 32.2. The zero-order valence-corrected chi connectivity index (χ0v) is 7.82. The highest BCUT2D eigenvalue weighted by molar-refractivity contribution is 7.60. The molecule has 2 rings (SSSR count). The van der Waals surface area contributed by atoms with E-state index in [9.17, 15) is 4.21 Å². The molecule has 0 fully saturated rings. The molecule has 3 heteroatoms. The van der Waals surface area contributed by atoms with Crippen LogP contribution in [0.4, 0.5) is 0 Å². The second kappa shape index (κ2) is 3.21. The van der Waals surface area contributed by atoms with Crippen molar-refractivity contribution in [2.24, 2.45) is 0 Å². The molecular formula is C9H6OS2. The van der Waals surface area contributed by atoms with Gasteiger partial charge in [0.2, 0.25) is 0 Å². The van der Waals surface area contributed by atoms with Gasteiger partial charge in [0.15, 0.2) is 0 Å². The largest absolute Gasteiger partial charge is 0.211 e. The Kier molecular flexibility index (Phi) is 2.06. The zero-order valence-electron chi connectivity index (χ0n) is 6.19. The van der Waals surface area contributed by atoms with Crippen molar-refractivity contribution in [2.45, 2.75) is 0 Å². The monoisotopic (exact) mass is 194 g/mol. The molecule has 0 aliphatic rings. The molecule has 0 N–H and O–H groups in total. The lowest BCUT2D eigenvalue weighted by atomic mass is 10.3. The van der Waals surface area contributed by atoms with Gasteiger partial charge in [0.1, 0.15) is 15.1 Å². The average molecular weight is 194 g/mol. The quantitative estimate of drug-likeness (QED) is 0.589. The summed E-state index contributed by atoms with van der Waals surface area (Å²) in [5, 5.41) is 1.19. The zero-order chi connectivity index (χ0) is 8.39. The van der Waals surface area contributed by atoms with Crippen LogP contribution in [0.25, 0.3) is 10.1 Å². The molecule has 1 aromatic carbocycles.